The number of aromatic amines is 1. The summed E-state index contributed by atoms with van der Waals surface area (Å²) in [7, 11) is 0. The molecule has 2 rings (SSSR count). The van der Waals surface area contributed by atoms with Gasteiger partial charge in [0.1, 0.15) is 0 Å². The Hall–Kier alpha value is 0.0352. The maximum Gasteiger partial charge on any atom is 1.00 e. The van der Waals surface area contributed by atoms with Crippen molar-refractivity contribution < 1.29 is 62.7 Å². The second-order valence-corrected chi connectivity index (χ2v) is 2.38. The Morgan fingerprint density at radius 2 is 1.92 bits per heavy atom. The first-order valence-electron chi connectivity index (χ1n) is 3.52. The Kier molecular flexibility index (Phi) is 4.32. The Balaban J connectivity index is 0.000000845. The molecule has 4 heteroatoms. The van der Waals surface area contributed by atoms with E-state index >= 15 is 0 Å². The van der Waals surface area contributed by atoms with Gasteiger partial charge in [-0.25, -0.2) is 0 Å². The van der Waals surface area contributed by atoms with E-state index < -0.39 is 0 Å². The summed E-state index contributed by atoms with van der Waals surface area (Å²) in [6.45, 7) is 0. The molecule has 3 nitrogen and oxygen atoms in total. The van der Waals surface area contributed by atoms with Crippen LogP contribution in [0.1, 0.15) is 0 Å². The van der Waals surface area contributed by atoms with Crippen molar-refractivity contribution in [2.75, 3.05) is 0 Å². The molecule has 1 aromatic carbocycles. The van der Waals surface area contributed by atoms with Gasteiger partial charge in [-0.2, -0.15) is 0 Å². The third-order valence-electron chi connectivity index (χ3n) is 1.59. The Morgan fingerprint density at radius 1 is 1.23 bits per heavy atom. The Bertz CT molecular complexity index is 418. The summed E-state index contributed by atoms with van der Waals surface area (Å²) >= 11 is 0. The summed E-state index contributed by atoms with van der Waals surface area (Å²) < 4.78 is 4.54. The van der Waals surface area contributed by atoms with Gasteiger partial charge in [0.2, 0.25) is 0 Å². The van der Waals surface area contributed by atoms with E-state index in [1.807, 2.05) is 30.3 Å². The van der Waals surface area contributed by atoms with E-state index in [0.29, 0.717) is 5.56 Å². The van der Waals surface area contributed by atoms with Crippen molar-refractivity contribution in [3.63, 3.8) is 0 Å². The molecule has 0 saturated carbocycles. The smallest absolute Gasteiger partial charge is 0.460 e. The van der Waals surface area contributed by atoms with Gasteiger partial charge in [-0.05, 0) is 0 Å². The topological polar surface area (TPSA) is 46.0 Å². The van der Waals surface area contributed by atoms with Gasteiger partial charge in [-0.1, -0.05) is 23.8 Å². The number of H-pyrrole nitrogens is 1. The van der Waals surface area contributed by atoms with Crippen LogP contribution in [0, 0.1) is 6.26 Å². The van der Waals surface area contributed by atoms with Crippen LogP contribution in [0.15, 0.2) is 39.6 Å². The van der Waals surface area contributed by atoms with Gasteiger partial charge in [0.25, 0.3) is 0 Å². The summed E-state index contributed by atoms with van der Waals surface area (Å²) in [6.07, 6.45) is 2.48. The van der Waals surface area contributed by atoms with Crippen molar-refractivity contribution in [3.8, 4) is 11.1 Å². The van der Waals surface area contributed by atoms with E-state index in [0.717, 1.165) is 5.56 Å². The normalized spacial score (nSPS) is 9.23. The summed E-state index contributed by atoms with van der Waals surface area (Å²) in [4.78, 5) is 11.0. The predicted molar refractivity (Wildman–Crippen MR) is 43.6 cm³/mol. The van der Waals surface area contributed by atoms with Gasteiger partial charge in [0.05, 0.1) is 0 Å². The maximum absolute atomic E-state index is 11.0. The van der Waals surface area contributed by atoms with E-state index in [9.17, 15) is 4.79 Å². The molecule has 0 bridgehead atoms. The minimum Gasteiger partial charge on any atom is -0.460 e. The fourth-order valence-electron chi connectivity index (χ4n) is 1.02. The molecule has 2 aromatic rings. The van der Waals surface area contributed by atoms with Crippen LogP contribution < -0.4 is 63.7 Å². The molecule has 1 N–H and O–H groups in total. The molecular weight excluding hydrogens is 240 g/mol. The van der Waals surface area contributed by atoms with Crippen molar-refractivity contribution >= 4 is 0 Å². The molecule has 1 heterocycles. The van der Waals surface area contributed by atoms with Gasteiger partial charge in [0, 0.05) is 6.26 Å². The second kappa shape index (κ2) is 5.05. The number of aromatic nitrogens is 1. The van der Waals surface area contributed by atoms with Crippen LogP contribution in [-0.4, -0.2) is 5.16 Å². The van der Waals surface area contributed by atoms with Gasteiger partial charge in [-0.15, -0.1) is 17.7 Å². The van der Waals surface area contributed by atoms with Crippen LogP contribution in [0.25, 0.3) is 11.1 Å². The zero-order chi connectivity index (χ0) is 8.39. The molecule has 0 fully saturated rings. The monoisotopic (exact) mass is 245 g/mol. The molecule has 0 saturated heterocycles. The van der Waals surface area contributed by atoms with E-state index in [1.54, 1.807) is 0 Å². The fourth-order valence-corrected chi connectivity index (χ4v) is 1.02. The number of hydrogen-bond donors (Lipinski definition) is 1. The summed E-state index contributed by atoms with van der Waals surface area (Å²) in [6, 6.07) is 9.26. The van der Waals surface area contributed by atoms with Gasteiger partial charge >= 0.3 is 58.2 Å². The average molecular weight is 246 g/mol. The van der Waals surface area contributed by atoms with E-state index in [4.69, 9.17) is 0 Å². The Labute approximate surface area is 124 Å². The standard InChI is InChI=1S/C9H6NO2.Rb/c11-9-8(6-12-10-9)7-4-2-1-3-5-7;/h1-5H,(H,10,11);/q-1;+1. The molecular formula is C9H6NO2Rb. The van der Waals surface area contributed by atoms with E-state index in [2.05, 4.69) is 15.9 Å². The van der Waals surface area contributed by atoms with E-state index in [1.165, 1.54) is 0 Å². The number of rotatable bonds is 1. The minimum absolute atomic E-state index is 0. The Morgan fingerprint density at radius 3 is 2.46 bits per heavy atom. The first kappa shape index (κ1) is 11.1. The third kappa shape index (κ3) is 2.50. The minimum atomic E-state index is -0.249. The SMILES string of the molecule is O=c1[nH]o[c-]c1-c1ccccc1.[Rb+]. The molecule has 1 aromatic heterocycles. The van der Waals surface area contributed by atoms with Gasteiger partial charge in [-0.3, -0.25) is 5.16 Å². The summed E-state index contributed by atoms with van der Waals surface area (Å²) in [5, 5.41) is 2.18. The molecule has 0 aliphatic carbocycles. The molecule has 0 aliphatic rings. The van der Waals surface area contributed by atoms with Crippen LogP contribution >= 0.6 is 0 Å². The van der Waals surface area contributed by atoms with Gasteiger partial charge in [0.15, 0.2) is 5.56 Å². The molecule has 0 unspecified atom stereocenters. The van der Waals surface area contributed by atoms with Crippen molar-refractivity contribution in [1.29, 1.82) is 0 Å². The van der Waals surface area contributed by atoms with Crippen LogP contribution in [0.3, 0.4) is 0 Å². The number of hydrogen-bond acceptors (Lipinski definition) is 2. The first-order valence-corrected chi connectivity index (χ1v) is 3.52. The van der Waals surface area contributed by atoms with Gasteiger partial charge < -0.3 is 9.32 Å². The predicted octanol–water partition coefficient (Wildman–Crippen LogP) is -1.56. The quantitative estimate of drug-likeness (QED) is 0.618. The summed E-state index contributed by atoms with van der Waals surface area (Å²) in [5.74, 6) is 0. The van der Waals surface area contributed by atoms with Crippen LogP contribution in [0.4, 0.5) is 0 Å². The molecule has 0 aliphatic heterocycles. The van der Waals surface area contributed by atoms with Crippen molar-refractivity contribution in [1.82, 2.24) is 5.16 Å². The largest absolute Gasteiger partial charge is 1.00 e. The van der Waals surface area contributed by atoms with Crippen molar-refractivity contribution in [3.05, 3.63) is 46.9 Å². The molecule has 0 radical (unpaired) electrons. The van der Waals surface area contributed by atoms with Crippen molar-refractivity contribution in [2.24, 2.45) is 0 Å². The van der Waals surface area contributed by atoms with Crippen LogP contribution in [-0.2, 0) is 0 Å². The third-order valence-corrected chi connectivity index (χ3v) is 1.59. The molecule has 0 atom stereocenters. The van der Waals surface area contributed by atoms with Crippen LogP contribution in [0.2, 0.25) is 0 Å². The van der Waals surface area contributed by atoms with E-state index in [-0.39, 0.29) is 63.7 Å². The second-order valence-electron chi connectivity index (χ2n) is 2.38. The molecule has 13 heavy (non-hydrogen) atoms. The molecule has 60 valence electrons. The number of benzene rings is 1. The molecule has 0 spiro atoms. The maximum atomic E-state index is 11.0. The fraction of sp³-hybridized carbons (Fsp3) is 0. The number of nitrogens with one attached hydrogen (secondary N) is 1. The zero-order valence-corrected chi connectivity index (χ0v) is 12.1. The average Bonchev–Trinajstić information content (AvgIpc) is 2.53. The summed E-state index contributed by atoms with van der Waals surface area (Å²) in [5.41, 5.74) is 1.00. The zero-order valence-electron chi connectivity index (χ0n) is 7.20. The first-order chi connectivity index (χ1) is 5.88. The van der Waals surface area contributed by atoms with Crippen LogP contribution in [0.5, 0.6) is 0 Å². The molecule has 0 amide bonds. The van der Waals surface area contributed by atoms with Crippen molar-refractivity contribution in [2.45, 2.75) is 0 Å².